The lowest BCUT2D eigenvalue weighted by atomic mass is 10.2. The minimum Gasteiger partial charge on any atom is -0.494 e. The van der Waals surface area contributed by atoms with E-state index in [1.807, 2.05) is 6.92 Å². The first-order chi connectivity index (χ1) is 16.0. The zero-order valence-corrected chi connectivity index (χ0v) is 18.3. The molecule has 2 amide bonds. The quantitative estimate of drug-likeness (QED) is 0.430. The molecule has 1 aromatic heterocycles. The Bertz CT molecular complexity index is 1130. The molecule has 0 spiro atoms. The van der Waals surface area contributed by atoms with E-state index in [4.69, 9.17) is 9.47 Å². The lowest BCUT2D eigenvalue weighted by Gasteiger charge is -2.12. The van der Waals surface area contributed by atoms with E-state index in [1.165, 1.54) is 13.1 Å². The lowest BCUT2D eigenvalue weighted by Crippen LogP contribution is -2.22. The van der Waals surface area contributed by atoms with Crippen LogP contribution in [0, 0.1) is 0 Å². The fourth-order valence-corrected chi connectivity index (χ4v) is 2.90. The van der Waals surface area contributed by atoms with Crippen LogP contribution >= 0.6 is 0 Å². The van der Waals surface area contributed by atoms with Crippen molar-refractivity contribution in [3.05, 3.63) is 78.0 Å². The van der Waals surface area contributed by atoms with Gasteiger partial charge < -0.3 is 25.4 Å². The van der Waals surface area contributed by atoms with E-state index < -0.39 is 18.5 Å². The number of rotatable bonds is 9. The molecule has 0 saturated carbocycles. The lowest BCUT2D eigenvalue weighted by molar-refractivity contribution is -0.119. The Labute approximate surface area is 191 Å². The second-order valence-electron chi connectivity index (χ2n) is 6.77. The molecule has 170 valence electrons. The average molecular weight is 448 g/mol. The SMILES string of the molecule is CCOc1ccc(Nc2ncccc2C(=O)OCC(=O)Nc2cccc(C(=O)NC)c2)cc1. The van der Waals surface area contributed by atoms with Crippen LogP contribution in [0.25, 0.3) is 0 Å². The molecule has 0 radical (unpaired) electrons. The van der Waals surface area contributed by atoms with Crippen LogP contribution in [0.2, 0.25) is 0 Å². The molecule has 0 unspecified atom stereocenters. The van der Waals surface area contributed by atoms with Crippen LogP contribution in [0.3, 0.4) is 0 Å². The van der Waals surface area contributed by atoms with Crippen LogP contribution in [0.1, 0.15) is 27.6 Å². The molecule has 0 bridgehead atoms. The molecule has 9 heteroatoms. The van der Waals surface area contributed by atoms with Gasteiger partial charge in [-0.05, 0) is 61.5 Å². The van der Waals surface area contributed by atoms with Gasteiger partial charge in [0, 0.05) is 30.2 Å². The van der Waals surface area contributed by atoms with Gasteiger partial charge in [0.1, 0.15) is 17.1 Å². The van der Waals surface area contributed by atoms with Gasteiger partial charge in [-0.1, -0.05) is 6.07 Å². The van der Waals surface area contributed by atoms with Crippen molar-refractivity contribution in [1.29, 1.82) is 0 Å². The highest BCUT2D eigenvalue weighted by Gasteiger charge is 2.16. The van der Waals surface area contributed by atoms with Crippen molar-refractivity contribution in [3.63, 3.8) is 0 Å². The van der Waals surface area contributed by atoms with Crippen molar-refractivity contribution in [2.45, 2.75) is 6.92 Å². The summed E-state index contributed by atoms with van der Waals surface area (Å²) in [5.74, 6) is -0.490. The van der Waals surface area contributed by atoms with E-state index in [9.17, 15) is 14.4 Å². The van der Waals surface area contributed by atoms with Gasteiger partial charge >= 0.3 is 5.97 Å². The first-order valence-electron chi connectivity index (χ1n) is 10.2. The zero-order valence-electron chi connectivity index (χ0n) is 18.3. The first-order valence-corrected chi connectivity index (χ1v) is 10.2. The van der Waals surface area contributed by atoms with E-state index in [0.29, 0.717) is 29.4 Å². The Morgan fingerprint density at radius 3 is 2.48 bits per heavy atom. The first kappa shape index (κ1) is 23.3. The Hall–Kier alpha value is -4.40. The summed E-state index contributed by atoms with van der Waals surface area (Å²) in [5.41, 5.74) is 1.70. The number of ether oxygens (including phenoxy) is 2. The Balaban J connectivity index is 1.60. The van der Waals surface area contributed by atoms with E-state index in [1.54, 1.807) is 60.8 Å². The smallest absolute Gasteiger partial charge is 0.342 e. The van der Waals surface area contributed by atoms with E-state index in [-0.39, 0.29) is 11.5 Å². The predicted octanol–water partition coefficient (Wildman–Crippen LogP) is 3.38. The van der Waals surface area contributed by atoms with Gasteiger partial charge in [-0.3, -0.25) is 9.59 Å². The van der Waals surface area contributed by atoms with Gasteiger partial charge in [-0.25, -0.2) is 9.78 Å². The number of esters is 1. The molecule has 9 nitrogen and oxygen atoms in total. The van der Waals surface area contributed by atoms with Crippen molar-refractivity contribution in [2.24, 2.45) is 0 Å². The molecule has 33 heavy (non-hydrogen) atoms. The highest BCUT2D eigenvalue weighted by atomic mass is 16.5. The second kappa shape index (κ2) is 11.3. The maximum absolute atomic E-state index is 12.6. The number of hydrogen-bond donors (Lipinski definition) is 3. The predicted molar refractivity (Wildman–Crippen MR) is 124 cm³/mol. The number of carbonyl (C=O) groups excluding carboxylic acids is 3. The highest BCUT2D eigenvalue weighted by Crippen LogP contribution is 2.22. The number of benzene rings is 2. The van der Waals surface area contributed by atoms with Crippen molar-refractivity contribution < 1.29 is 23.9 Å². The molecule has 3 aromatic rings. The molecule has 3 rings (SSSR count). The average Bonchev–Trinajstić information content (AvgIpc) is 2.84. The van der Waals surface area contributed by atoms with Crippen LogP contribution < -0.4 is 20.7 Å². The number of nitrogens with zero attached hydrogens (tertiary/aromatic N) is 1. The molecule has 0 aliphatic carbocycles. The molecule has 3 N–H and O–H groups in total. The summed E-state index contributed by atoms with van der Waals surface area (Å²) < 4.78 is 10.6. The maximum atomic E-state index is 12.6. The van der Waals surface area contributed by atoms with Gasteiger partial charge in [0.15, 0.2) is 6.61 Å². The summed E-state index contributed by atoms with van der Waals surface area (Å²) in [4.78, 5) is 40.7. The van der Waals surface area contributed by atoms with Crippen LogP contribution in [-0.2, 0) is 9.53 Å². The topological polar surface area (TPSA) is 119 Å². The summed E-state index contributed by atoms with van der Waals surface area (Å²) in [5, 5.41) is 8.18. The number of anilines is 3. The Morgan fingerprint density at radius 1 is 0.970 bits per heavy atom. The molecular weight excluding hydrogens is 424 g/mol. The molecule has 1 heterocycles. The van der Waals surface area contributed by atoms with Crippen LogP contribution in [-0.4, -0.2) is 43.0 Å². The molecule has 2 aromatic carbocycles. The van der Waals surface area contributed by atoms with Crippen molar-refractivity contribution >= 4 is 35.0 Å². The zero-order chi connectivity index (χ0) is 23.6. The standard InChI is InChI=1S/C24H24N4O5/c1-3-32-19-11-9-17(10-12-19)28-22-20(8-5-13-26-22)24(31)33-15-21(29)27-18-7-4-6-16(14-18)23(30)25-2/h4-14H,3,15H2,1-2H3,(H,25,30)(H,26,28)(H,27,29). The third kappa shape index (κ3) is 6.54. The van der Waals surface area contributed by atoms with Gasteiger partial charge in [0.2, 0.25) is 0 Å². The highest BCUT2D eigenvalue weighted by molar-refractivity contribution is 5.99. The summed E-state index contributed by atoms with van der Waals surface area (Å²) in [6.45, 7) is 1.97. The second-order valence-corrected chi connectivity index (χ2v) is 6.77. The monoisotopic (exact) mass is 448 g/mol. The van der Waals surface area contributed by atoms with Gasteiger partial charge in [-0.15, -0.1) is 0 Å². The molecule has 0 saturated heterocycles. The summed E-state index contributed by atoms with van der Waals surface area (Å²) in [7, 11) is 1.52. The van der Waals surface area contributed by atoms with Crippen LogP contribution in [0.15, 0.2) is 66.9 Å². The summed E-state index contributed by atoms with van der Waals surface area (Å²) in [6, 6.07) is 16.8. The van der Waals surface area contributed by atoms with Crippen LogP contribution in [0.4, 0.5) is 17.2 Å². The largest absolute Gasteiger partial charge is 0.494 e. The third-order valence-electron chi connectivity index (χ3n) is 4.43. The molecule has 0 atom stereocenters. The Kier molecular flexibility index (Phi) is 7.96. The Morgan fingerprint density at radius 2 is 1.76 bits per heavy atom. The van der Waals surface area contributed by atoms with Crippen molar-refractivity contribution in [1.82, 2.24) is 10.3 Å². The number of nitrogens with one attached hydrogen (secondary N) is 3. The van der Waals surface area contributed by atoms with E-state index in [2.05, 4.69) is 20.9 Å². The summed E-state index contributed by atoms with van der Waals surface area (Å²) in [6.07, 6.45) is 1.54. The maximum Gasteiger partial charge on any atom is 0.342 e. The molecule has 0 fully saturated rings. The minimum atomic E-state index is -0.703. The van der Waals surface area contributed by atoms with Crippen LogP contribution in [0.5, 0.6) is 5.75 Å². The fraction of sp³-hybridized carbons (Fsp3) is 0.167. The number of hydrogen-bond acceptors (Lipinski definition) is 7. The van der Waals surface area contributed by atoms with Crippen molar-refractivity contribution in [3.8, 4) is 5.75 Å². The van der Waals surface area contributed by atoms with Gasteiger partial charge in [0.05, 0.1) is 6.61 Å². The van der Waals surface area contributed by atoms with E-state index >= 15 is 0 Å². The summed E-state index contributed by atoms with van der Waals surface area (Å²) >= 11 is 0. The van der Waals surface area contributed by atoms with Gasteiger partial charge in [0.25, 0.3) is 11.8 Å². The minimum absolute atomic E-state index is 0.181. The number of amides is 2. The fourth-order valence-electron chi connectivity index (χ4n) is 2.90. The molecular formula is C24H24N4O5. The van der Waals surface area contributed by atoms with E-state index in [0.717, 1.165) is 5.75 Å². The van der Waals surface area contributed by atoms with Gasteiger partial charge in [-0.2, -0.15) is 0 Å². The number of pyridine rings is 1. The van der Waals surface area contributed by atoms with Crippen molar-refractivity contribution in [2.75, 3.05) is 30.9 Å². The molecule has 0 aliphatic heterocycles. The molecule has 0 aliphatic rings. The third-order valence-corrected chi connectivity index (χ3v) is 4.43. The number of aromatic nitrogens is 1. The normalized spacial score (nSPS) is 10.1. The number of carbonyl (C=O) groups is 3.